The molecular weight excluding hydrogens is 164 g/mol. The van der Waals surface area contributed by atoms with Gasteiger partial charge in [0, 0.05) is 27.5 Å². The quantitative estimate of drug-likeness (QED) is 0.601. The predicted octanol–water partition coefficient (Wildman–Crippen LogP) is 3.08. The fourth-order valence-electron chi connectivity index (χ4n) is 0.619. The first-order valence-corrected chi connectivity index (χ1v) is 4.89. The summed E-state index contributed by atoms with van der Waals surface area (Å²) in [6.45, 7) is 5.14. The largest absolute Gasteiger partial charge is 0.176 e. The Bertz CT molecular complexity index is 163. The Hall–Kier alpha value is 0.0400. The summed E-state index contributed by atoms with van der Waals surface area (Å²) >= 11 is 3.28. The SMILES string of the molecule is CC(C)SC1=CSN=NC1. The molecule has 1 rings (SSSR count). The van der Waals surface area contributed by atoms with Crippen LogP contribution in [0, 0.1) is 0 Å². The molecule has 0 bridgehead atoms. The van der Waals surface area contributed by atoms with Gasteiger partial charge in [0.1, 0.15) is 0 Å². The number of rotatable bonds is 2. The maximum atomic E-state index is 3.91. The smallest absolute Gasteiger partial charge is 0.0924 e. The van der Waals surface area contributed by atoms with Gasteiger partial charge in [0.15, 0.2) is 0 Å². The molecule has 4 heteroatoms. The van der Waals surface area contributed by atoms with Crippen LogP contribution in [0.2, 0.25) is 0 Å². The van der Waals surface area contributed by atoms with Gasteiger partial charge in [0.05, 0.1) is 6.54 Å². The van der Waals surface area contributed by atoms with Gasteiger partial charge in [0.25, 0.3) is 0 Å². The molecule has 0 atom stereocenters. The van der Waals surface area contributed by atoms with E-state index in [1.54, 1.807) is 0 Å². The Morgan fingerprint density at radius 2 is 2.50 bits per heavy atom. The van der Waals surface area contributed by atoms with E-state index in [1.807, 2.05) is 11.8 Å². The molecular formula is C6H10N2S2. The molecule has 0 aliphatic carbocycles. The van der Waals surface area contributed by atoms with Gasteiger partial charge in [-0.05, 0) is 0 Å². The van der Waals surface area contributed by atoms with Crippen LogP contribution >= 0.6 is 23.7 Å². The van der Waals surface area contributed by atoms with Gasteiger partial charge in [-0.25, -0.2) is 0 Å². The lowest BCUT2D eigenvalue weighted by atomic mass is 10.6. The number of hydrogen-bond acceptors (Lipinski definition) is 4. The average Bonchev–Trinajstić information content (AvgIpc) is 1.88. The van der Waals surface area contributed by atoms with Gasteiger partial charge >= 0.3 is 0 Å². The minimum Gasteiger partial charge on any atom is -0.176 e. The predicted molar refractivity (Wildman–Crippen MR) is 48.1 cm³/mol. The van der Waals surface area contributed by atoms with Gasteiger partial charge in [-0.1, -0.05) is 13.8 Å². The van der Waals surface area contributed by atoms with Crippen molar-refractivity contribution in [1.29, 1.82) is 0 Å². The highest BCUT2D eigenvalue weighted by Gasteiger charge is 2.03. The molecule has 0 saturated carbocycles. The van der Waals surface area contributed by atoms with Crippen molar-refractivity contribution in [2.24, 2.45) is 9.63 Å². The van der Waals surface area contributed by atoms with E-state index in [-0.39, 0.29) is 0 Å². The first-order valence-electron chi connectivity index (χ1n) is 3.17. The average molecular weight is 174 g/mol. The summed E-state index contributed by atoms with van der Waals surface area (Å²) in [6, 6.07) is 0. The van der Waals surface area contributed by atoms with Crippen LogP contribution in [-0.4, -0.2) is 11.8 Å². The zero-order valence-electron chi connectivity index (χ0n) is 6.07. The van der Waals surface area contributed by atoms with E-state index in [0.717, 1.165) is 6.54 Å². The van der Waals surface area contributed by atoms with Crippen LogP contribution in [0.1, 0.15) is 13.8 Å². The lowest BCUT2D eigenvalue weighted by Gasteiger charge is -2.07. The number of hydrogen-bond donors (Lipinski definition) is 0. The minimum absolute atomic E-state index is 0.653. The number of thioether (sulfide) groups is 1. The standard InChI is InChI=1S/C6H10N2S2/c1-5(2)10-6-3-7-8-9-4-6/h4-5H,3H2,1-2H3. The summed E-state index contributed by atoms with van der Waals surface area (Å²) in [7, 11) is 0. The van der Waals surface area contributed by atoms with Crippen molar-refractivity contribution in [2.75, 3.05) is 6.54 Å². The molecule has 0 aromatic heterocycles. The van der Waals surface area contributed by atoms with Crippen LogP contribution in [0.25, 0.3) is 0 Å². The summed E-state index contributed by atoms with van der Waals surface area (Å²) < 4.78 is 3.79. The third kappa shape index (κ3) is 2.75. The molecule has 0 N–H and O–H groups in total. The summed E-state index contributed by atoms with van der Waals surface area (Å²) in [6.07, 6.45) is 0. The van der Waals surface area contributed by atoms with Crippen molar-refractivity contribution < 1.29 is 0 Å². The van der Waals surface area contributed by atoms with E-state index in [4.69, 9.17) is 0 Å². The molecule has 0 spiro atoms. The van der Waals surface area contributed by atoms with E-state index < -0.39 is 0 Å². The van der Waals surface area contributed by atoms with E-state index in [1.165, 1.54) is 16.9 Å². The summed E-state index contributed by atoms with van der Waals surface area (Å²) in [5.74, 6) is 0. The molecule has 1 aliphatic rings. The lowest BCUT2D eigenvalue weighted by molar-refractivity contribution is 1.08. The molecule has 0 radical (unpaired) electrons. The second-order valence-corrected chi connectivity index (χ2v) is 4.55. The molecule has 1 heterocycles. The molecule has 0 saturated heterocycles. The highest BCUT2D eigenvalue weighted by atomic mass is 32.2. The van der Waals surface area contributed by atoms with Crippen LogP contribution in [0.3, 0.4) is 0 Å². The molecule has 56 valence electrons. The fraction of sp³-hybridized carbons (Fsp3) is 0.667. The topological polar surface area (TPSA) is 24.7 Å². The third-order valence-electron chi connectivity index (χ3n) is 0.903. The maximum absolute atomic E-state index is 3.91. The maximum Gasteiger partial charge on any atom is 0.0924 e. The van der Waals surface area contributed by atoms with Crippen molar-refractivity contribution in [2.45, 2.75) is 19.1 Å². The molecule has 0 unspecified atom stereocenters. The molecule has 10 heavy (non-hydrogen) atoms. The Balaban J connectivity index is 2.34. The second kappa shape index (κ2) is 4.03. The first kappa shape index (κ1) is 8.14. The van der Waals surface area contributed by atoms with Crippen LogP contribution in [-0.2, 0) is 0 Å². The fourth-order valence-corrected chi connectivity index (χ4v) is 2.07. The van der Waals surface area contributed by atoms with Gasteiger partial charge in [-0.15, -0.1) is 16.3 Å². The van der Waals surface area contributed by atoms with Crippen molar-refractivity contribution in [3.8, 4) is 0 Å². The lowest BCUT2D eigenvalue weighted by Crippen LogP contribution is -1.92. The molecule has 0 aromatic carbocycles. The molecule has 2 nitrogen and oxygen atoms in total. The van der Waals surface area contributed by atoms with Gasteiger partial charge < -0.3 is 0 Å². The zero-order valence-corrected chi connectivity index (χ0v) is 7.71. The van der Waals surface area contributed by atoms with Crippen molar-refractivity contribution in [3.63, 3.8) is 0 Å². The molecule has 0 aromatic rings. The summed E-state index contributed by atoms with van der Waals surface area (Å²) in [4.78, 5) is 1.33. The molecule has 0 amide bonds. The highest BCUT2D eigenvalue weighted by Crippen LogP contribution is 2.27. The van der Waals surface area contributed by atoms with E-state index in [2.05, 4.69) is 28.9 Å². The Kier molecular flexibility index (Phi) is 3.28. The van der Waals surface area contributed by atoms with Crippen molar-refractivity contribution in [3.05, 3.63) is 10.3 Å². The van der Waals surface area contributed by atoms with Crippen LogP contribution in [0.4, 0.5) is 0 Å². The van der Waals surface area contributed by atoms with Crippen LogP contribution in [0.15, 0.2) is 19.9 Å². The Morgan fingerprint density at radius 3 is 3.00 bits per heavy atom. The van der Waals surface area contributed by atoms with Crippen molar-refractivity contribution >= 4 is 23.7 Å². The minimum atomic E-state index is 0.653. The summed E-state index contributed by atoms with van der Waals surface area (Å²) in [5, 5.41) is 6.63. The van der Waals surface area contributed by atoms with Crippen LogP contribution in [0.5, 0.6) is 0 Å². The monoisotopic (exact) mass is 174 g/mol. The molecule has 1 aliphatic heterocycles. The van der Waals surface area contributed by atoms with Gasteiger partial charge in [-0.3, -0.25) is 0 Å². The zero-order chi connectivity index (χ0) is 7.40. The normalized spacial score (nSPS) is 17.7. The first-order chi connectivity index (χ1) is 4.79. The van der Waals surface area contributed by atoms with E-state index in [9.17, 15) is 0 Å². The van der Waals surface area contributed by atoms with E-state index in [0.29, 0.717) is 5.25 Å². The van der Waals surface area contributed by atoms with Crippen molar-refractivity contribution in [1.82, 2.24) is 0 Å². The van der Waals surface area contributed by atoms with Gasteiger partial charge in [0.2, 0.25) is 0 Å². The molecule has 0 fully saturated rings. The number of nitrogens with zero attached hydrogens (tertiary/aromatic N) is 2. The van der Waals surface area contributed by atoms with E-state index >= 15 is 0 Å². The summed E-state index contributed by atoms with van der Waals surface area (Å²) in [5.41, 5.74) is 0. The Morgan fingerprint density at radius 1 is 1.70 bits per heavy atom. The Labute approximate surface area is 69.7 Å². The van der Waals surface area contributed by atoms with Gasteiger partial charge in [-0.2, -0.15) is 5.11 Å². The highest BCUT2D eigenvalue weighted by molar-refractivity contribution is 8.06. The third-order valence-corrected chi connectivity index (χ3v) is 2.67. The second-order valence-electron chi connectivity index (χ2n) is 2.24. The van der Waals surface area contributed by atoms with Crippen LogP contribution < -0.4 is 0 Å².